The standard InChI is InChI=1S/C18H14ClN3O4/c1-26-15-8-7-11(9-14(15)19)20-10-13-16(23)21-18(25)22(17(13)24)12-5-3-2-4-6-12/h2-10,24H,1H3,(H,21,23,25). The molecule has 0 unspecified atom stereocenters. The van der Waals surface area contributed by atoms with E-state index in [0.717, 1.165) is 4.57 Å². The molecule has 2 N–H and O–H groups in total. The number of H-pyrrole nitrogens is 1. The van der Waals surface area contributed by atoms with Crippen LogP contribution in [-0.4, -0.2) is 28.0 Å². The highest BCUT2D eigenvalue weighted by Gasteiger charge is 2.14. The zero-order valence-electron chi connectivity index (χ0n) is 13.6. The number of aromatic nitrogens is 2. The molecule has 0 atom stereocenters. The molecule has 0 saturated heterocycles. The molecule has 0 saturated carbocycles. The van der Waals surface area contributed by atoms with Crippen molar-refractivity contribution in [1.82, 2.24) is 9.55 Å². The number of nitrogens with one attached hydrogen (secondary N) is 1. The minimum Gasteiger partial charge on any atom is -0.495 e. The van der Waals surface area contributed by atoms with Crippen LogP contribution in [0.1, 0.15) is 5.56 Å². The van der Waals surface area contributed by atoms with Crippen LogP contribution in [0.2, 0.25) is 5.02 Å². The summed E-state index contributed by atoms with van der Waals surface area (Å²) in [7, 11) is 1.49. The average Bonchev–Trinajstić information content (AvgIpc) is 2.62. The first-order valence-electron chi connectivity index (χ1n) is 7.52. The number of halogens is 1. The zero-order chi connectivity index (χ0) is 18.7. The van der Waals surface area contributed by atoms with E-state index in [2.05, 4.69) is 9.98 Å². The summed E-state index contributed by atoms with van der Waals surface area (Å²) < 4.78 is 6.05. The monoisotopic (exact) mass is 371 g/mol. The molecule has 0 fully saturated rings. The largest absolute Gasteiger partial charge is 0.495 e. The predicted octanol–water partition coefficient (Wildman–Crippen LogP) is 2.64. The van der Waals surface area contributed by atoms with Crippen LogP contribution in [0.4, 0.5) is 5.69 Å². The third-order valence-corrected chi connectivity index (χ3v) is 3.91. The first-order valence-corrected chi connectivity index (χ1v) is 7.90. The smallest absolute Gasteiger partial charge is 0.335 e. The van der Waals surface area contributed by atoms with E-state index in [1.165, 1.54) is 13.3 Å². The molecule has 0 aliphatic heterocycles. The molecule has 7 nitrogen and oxygen atoms in total. The van der Waals surface area contributed by atoms with E-state index in [-0.39, 0.29) is 5.56 Å². The molecule has 2 aromatic carbocycles. The Kier molecular flexibility index (Phi) is 4.90. The molecule has 8 heteroatoms. The second kappa shape index (κ2) is 7.28. The number of aromatic amines is 1. The van der Waals surface area contributed by atoms with Gasteiger partial charge in [-0.1, -0.05) is 29.8 Å². The molecule has 0 aliphatic rings. The van der Waals surface area contributed by atoms with E-state index in [4.69, 9.17) is 16.3 Å². The molecule has 3 aromatic rings. The van der Waals surface area contributed by atoms with Crippen molar-refractivity contribution in [2.75, 3.05) is 7.11 Å². The van der Waals surface area contributed by atoms with Gasteiger partial charge < -0.3 is 9.84 Å². The molecule has 0 bridgehead atoms. The number of aliphatic imine (C=N–C) groups is 1. The fourth-order valence-corrected chi connectivity index (χ4v) is 2.60. The first kappa shape index (κ1) is 17.5. The molecule has 1 heterocycles. The van der Waals surface area contributed by atoms with Crippen molar-refractivity contribution in [3.63, 3.8) is 0 Å². The van der Waals surface area contributed by atoms with Gasteiger partial charge in [-0.25, -0.2) is 9.36 Å². The second-order valence-electron chi connectivity index (χ2n) is 5.24. The molecule has 0 radical (unpaired) electrons. The Bertz CT molecular complexity index is 1090. The lowest BCUT2D eigenvalue weighted by Crippen LogP contribution is -2.31. The van der Waals surface area contributed by atoms with Gasteiger partial charge in [0.2, 0.25) is 5.88 Å². The normalized spacial score (nSPS) is 11.0. The van der Waals surface area contributed by atoms with Crippen LogP contribution < -0.4 is 16.0 Å². The highest BCUT2D eigenvalue weighted by Crippen LogP contribution is 2.28. The molecule has 132 valence electrons. The van der Waals surface area contributed by atoms with Crippen LogP contribution in [0, 0.1) is 0 Å². The Morgan fingerprint density at radius 2 is 1.92 bits per heavy atom. The lowest BCUT2D eigenvalue weighted by atomic mass is 10.2. The lowest BCUT2D eigenvalue weighted by Gasteiger charge is -2.09. The van der Waals surface area contributed by atoms with E-state index >= 15 is 0 Å². The van der Waals surface area contributed by atoms with Crippen molar-refractivity contribution in [3.8, 4) is 17.3 Å². The Morgan fingerprint density at radius 1 is 1.19 bits per heavy atom. The Balaban J connectivity index is 2.07. The van der Waals surface area contributed by atoms with Crippen LogP contribution in [0.5, 0.6) is 11.6 Å². The minimum atomic E-state index is -0.747. The third kappa shape index (κ3) is 3.38. The molecular weight excluding hydrogens is 358 g/mol. The number of aromatic hydroxyl groups is 1. The third-order valence-electron chi connectivity index (χ3n) is 3.61. The zero-order valence-corrected chi connectivity index (χ0v) is 14.4. The van der Waals surface area contributed by atoms with Gasteiger partial charge in [0, 0.05) is 6.21 Å². The van der Waals surface area contributed by atoms with Crippen molar-refractivity contribution in [1.29, 1.82) is 0 Å². The van der Waals surface area contributed by atoms with E-state index in [1.807, 2.05) is 0 Å². The van der Waals surface area contributed by atoms with Crippen LogP contribution >= 0.6 is 11.6 Å². The molecule has 3 rings (SSSR count). The SMILES string of the molecule is COc1ccc(N=Cc2c(O)n(-c3ccccc3)c(=O)[nH]c2=O)cc1Cl. The number of para-hydroxylation sites is 1. The van der Waals surface area contributed by atoms with Gasteiger partial charge in [0.1, 0.15) is 11.3 Å². The van der Waals surface area contributed by atoms with Crippen LogP contribution in [0.15, 0.2) is 63.1 Å². The highest BCUT2D eigenvalue weighted by atomic mass is 35.5. The van der Waals surface area contributed by atoms with Crippen molar-refractivity contribution in [3.05, 3.63) is 80.0 Å². The van der Waals surface area contributed by atoms with Crippen LogP contribution in [-0.2, 0) is 0 Å². The van der Waals surface area contributed by atoms with E-state index < -0.39 is 17.1 Å². The van der Waals surface area contributed by atoms with Gasteiger partial charge in [-0.05, 0) is 30.3 Å². The van der Waals surface area contributed by atoms with Crippen molar-refractivity contribution in [2.45, 2.75) is 0 Å². The van der Waals surface area contributed by atoms with Crippen molar-refractivity contribution < 1.29 is 9.84 Å². The Hall–Kier alpha value is -3.32. The molecular formula is C18H14ClN3O4. The summed E-state index contributed by atoms with van der Waals surface area (Å²) in [6.07, 6.45) is 1.17. The summed E-state index contributed by atoms with van der Waals surface area (Å²) in [4.78, 5) is 30.4. The number of methoxy groups -OCH3 is 1. The maximum Gasteiger partial charge on any atom is 0.335 e. The van der Waals surface area contributed by atoms with Gasteiger partial charge in [-0.15, -0.1) is 0 Å². The molecule has 26 heavy (non-hydrogen) atoms. The van der Waals surface area contributed by atoms with Gasteiger partial charge in [0.25, 0.3) is 5.56 Å². The number of ether oxygens (including phenoxy) is 1. The van der Waals surface area contributed by atoms with E-state index in [0.29, 0.717) is 22.1 Å². The van der Waals surface area contributed by atoms with Gasteiger partial charge in [-0.3, -0.25) is 14.8 Å². The van der Waals surface area contributed by atoms with Gasteiger partial charge >= 0.3 is 5.69 Å². The topological polar surface area (TPSA) is 96.7 Å². The van der Waals surface area contributed by atoms with Crippen LogP contribution in [0.25, 0.3) is 5.69 Å². The number of benzene rings is 2. The maximum atomic E-state index is 12.1. The van der Waals surface area contributed by atoms with Crippen molar-refractivity contribution >= 4 is 23.5 Å². The fourth-order valence-electron chi connectivity index (χ4n) is 2.35. The summed E-state index contributed by atoms with van der Waals surface area (Å²) in [6.45, 7) is 0. The number of rotatable bonds is 4. The molecule has 0 amide bonds. The number of nitrogens with zero attached hydrogens (tertiary/aromatic N) is 2. The fraction of sp³-hybridized carbons (Fsp3) is 0.0556. The molecule has 0 aliphatic carbocycles. The highest BCUT2D eigenvalue weighted by molar-refractivity contribution is 6.32. The number of hydrogen-bond donors (Lipinski definition) is 2. The van der Waals surface area contributed by atoms with Crippen LogP contribution in [0.3, 0.4) is 0 Å². The maximum absolute atomic E-state index is 12.1. The molecule has 0 spiro atoms. The summed E-state index contributed by atoms with van der Waals surface area (Å²) in [5, 5.41) is 10.8. The Morgan fingerprint density at radius 3 is 2.58 bits per heavy atom. The van der Waals surface area contributed by atoms with Crippen molar-refractivity contribution in [2.24, 2.45) is 4.99 Å². The summed E-state index contributed by atoms with van der Waals surface area (Å²) >= 11 is 6.04. The van der Waals surface area contributed by atoms with Gasteiger partial charge in [0.15, 0.2) is 0 Å². The average molecular weight is 372 g/mol. The predicted molar refractivity (Wildman–Crippen MR) is 99.6 cm³/mol. The van der Waals surface area contributed by atoms with E-state index in [1.54, 1.807) is 48.5 Å². The van der Waals surface area contributed by atoms with Gasteiger partial charge in [0.05, 0.1) is 23.5 Å². The number of hydrogen-bond acceptors (Lipinski definition) is 5. The summed E-state index contributed by atoms with van der Waals surface area (Å²) in [5.41, 5.74) is -0.785. The second-order valence-corrected chi connectivity index (χ2v) is 5.65. The van der Waals surface area contributed by atoms with E-state index in [9.17, 15) is 14.7 Å². The minimum absolute atomic E-state index is 0.152. The Labute approximate surface area is 152 Å². The van der Waals surface area contributed by atoms with Gasteiger partial charge in [-0.2, -0.15) is 0 Å². The summed E-state index contributed by atoms with van der Waals surface area (Å²) in [6, 6.07) is 13.3. The molecule has 1 aromatic heterocycles. The quantitative estimate of drug-likeness (QED) is 0.689. The lowest BCUT2D eigenvalue weighted by molar-refractivity contribution is 0.415. The first-order chi connectivity index (χ1) is 12.5. The summed E-state index contributed by atoms with van der Waals surface area (Å²) in [5.74, 6) is -0.0164.